The predicted octanol–water partition coefficient (Wildman–Crippen LogP) is 0.399. The molecule has 1 saturated heterocycles. The molecule has 0 aliphatic carbocycles. The zero-order valence-electron chi connectivity index (χ0n) is 10.7. The molecule has 108 valence electrons. The normalized spacial score (nSPS) is 20.6. The van der Waals surface area contributed by atoms with Gasteiger partial charge in [-0.15, -0.1) is 0 Å². The average Bonchev–Trinajstić information content (AvgIpc) is 2.77. The van der Waals surface area contributed by atoms with Gasteiger partial charge in [-0.1, -0.05) is 12.1 Å². The van der Waals surface area contributed by atoms with Gasteiger partial charge in [-0.05, 0) is 17.7 Å². The fraction of sp³-hybridized carbons (Fsp3) is 0.385. The summed E-state index contributed by atoms with van der Waals surface area (Å²) in [7, 11) is 0. The van der Waals surface area contributed by atoms with Gasteiger partial charge >= 0.3 is 0 Å². The number of hydrogen-bond donors (Lipinski definition) is 3. The van der Waals surface area contributed by atoms with Crippen molar-refractivity contribution >= 4 is 11.8 Å². The minimum Gasteiger partial charge on any atom is -0.366 e. The predicted molar refractivity (Wildman–Crippen MR) is 68.2 cm³/mol. The number of nitrogens with one attached hydrogen (secondary N) is 2. The smallest absolute Gasteiger partial charge is 0.262 e. The largest absolute Gasteiger partial charge is 0.366 e. The van der Waals surface area contributed by atoms with Gasteiger partial charge in [0.15, 0.2) is 0 Å². The number of hydrogen-bond acceptors (Lipinski definition) is 3. The van der Waals surface area contributed by atoms with Gasteiger partial charge < -0.3 is 11.1 Å². The van der Waals surface area contributed by atoms with Crippen molar-refractivity contribution in [2.24, 2.45) is 5.73 Å². The second kappa shape index (κ2) is 5.54. The van der Waals surface area contributed by atoms with Crippen molar-refractivity contribution in [3.05, 3.63) is 35.4 Å². The number of carbonyl (C=O) groups is 2. The van der Waals surface area contributed by atoms with Gasteiger partial charge in [0.05, 0.1) is 12.6 Å². The summed E-state index contributed by atoms with van der Waals surface area (Å²) in [5.74, 6) is -3.82. The van der Waals surface area contributed by atoms with E-state index in [1.807, 2.05) is 0 Å². The summed E-state index contributed by atoms with van der Waals surface area (Å²) in [6.45, 7) is -0.264. The van der Waals surface area contributed by atoms with Crippen LogP contribution in [0.1, 0.15) is 22.3 Å². The third-order valence-corrected chi connectivity index (χ3v) is 3.13. The van der Waals surface area contributed by atoms with E-state index in [9.17, 15) is 18.4 Å². The molecule has 0 radical (unpaired) electrons. The van der Waals surface area contributed by atoms with Crippen LogP contribution in [-0.4, -0.2) is 30.3 Å². The Morgan fingerprint density at radius 1 is 1.35 bits per heavy atom. The van der Waals surface area contributed by atoms with Gasteiger partial charge in [0, 0.05) is 18.5 Å². The molecule has 5 nitrogen and oxygen atoms in total. The number of rotatable bonds is 4. The van der Waals surface area contributed by atoms with Crippen LogP contribution in [0.15, 0.2) is 24.3 Å². The highest BCUT2D eigenvalue weighted by Gasteiger charge is 2.42. The van der Waals surface area contributed by atoms with Crippen molar-refractivity contribution in [2.45, 2.75) is 24.9 Å². The van der Waals surface area contributed by atoms with Crippen LogP contribution in [0, 0.1) is 0 Å². The van der Waals surface area contributed by atoms with Crippen LogP contribution in [0.3, 0.4) is 0 Å². The van der Waals surface area contributed by atoms with Crippen molar-refractivity contribution in [2.75, 3.05) is 6.54 Å². The Balaban J connectivity index is 1.86. The first-order chi connectivity index (χ1) is 9.37. The highest BCUT2D eigenvalue weighted by molar-refractivity contribution is 5.92. The monoisotopic (exact) mass is 283 g/mol. The molecule has 20 heavy (non-hydrogen) atoms. The van der Waals surface area contributed by atoms with E-state index in [0.29, 0.717) is 5.56 Å². The molecule has 0 aromatic heterocycles. The molecule has 1 aliphatic rings. The molecule has 0 saturated carbocycles. The van der Waals surface area contributed by atoms with Crippen LogP contribution in [0.25, 0.3) is 0 Å². The maximum absolute atomic E-state index is 13.0. The molecule has 1 atom stereocenters. The lowest BCUT2D eigenvalue weighted by molar-refractivity contribution is -0.123. The highest BCUT2D eigenvalue weighted by atomic mass is 19.3. The maximum atomic E-state index is 13.0. The third-order valence-electron chi connectivity index (χ3n) is 3.13. The standard InChI is InChI=1S/C13H15F2N3O2/c14-13(15)5-10(18-7-13)12(20)17-6-8-1-3-9(4-2-8)11(16)19/h1-4,10,18H,5-7H2,(H2,16,19)(H,17,20). The molecule has 2 rings (SSSR count). The second-order valence-electron chi connectivity index (χ2n) is 4.77. The average molecular weight is 283 g/mol. The van der Waals surface area contributed by atoms with E-state index in [-0.39, 0.29) is 6.54 Å². The van der Waals surface area contributed by atoms with E-state index in [1.54, 1.807) is 24.3 Å². The Morgan fingerprint density at radius 2 is 2.00 bits per heavy atom. The number of carbonyl (C=O) groups excluding carboxylic acids is 2. The van der Waals surface area contributed by atoms with Crippen LogP contribution in [0.4, 0.5) is 8.78 Å². The minimum atomic E-state index is -2.83. The lowest BCUT2D eigenvalue weighted by atomic mass is 10.1. The Kier molecular flexibility index (Phi) is 3.99. The molecular formula is C13H15F2N3O2. The molecule has 1 unspecified atom stereocenters. The molecule has 0 spiro atoms. The molecule has 1 aromatic rings. The molecule has 1 heterocycles. The molecule has 7 heteroatoms. The number of nitrogens with two attached hydrogens (primary N) is 1. The van der Waals surface area contributed by atoms with E-state index in [1.165, 1.54) is 0 Å². The van der Waals surface area contributed by atoms with Gasteiger partial charge in [-0.25, -0.2) is 8.78 Å². The molecule has 1 fully saturated rings. The van der Waals surface area contributed by atoms with Crippen molar-refractivity contribution in [1.29, 1.82) is 0 Å². The van der Waals surface area contributed by atoms with Crippen LogP contribution >= 0.6 is 0 Å². The number of primary amides is 1. The van der Waals surface area contributed by atoms with Crippen molar-refractivity contribution in [3.63, 3.8) is 0 Å². The van der Waals surface area contributed by atoms with Crippen LogP contribution < -0.4 is 16.4 Å². The van der Waals surface area contributed by atoms with Crippen molar-refractivity contribution < 1.29 is 18.4 Å². The quantitative estimate of drug-likeness (QED) is 0.748. The first-order valence-electron chi connectivity index (χ1n) is 6.15. The van der Waals surface area contributed by atoms with Gasteiger partial charge in [0.1, 0.15) is 0 Å². The summed E-state index contributed by atoms with van der Waals surface area (Å²) >= 11 is 0. The summed E-state index contributed by atoms with van der Waals surface area (Å²) in [6, 6.07) is 5.53. The van der Waals surface area contributed by atoms with E-state index < -0.39 is 36.7 Å². The maximum Gasteiger partial charge on any atom is 0.262 e. The summed E-state index contributed by atoms with van der Waals surface area (Å²) in [6.07, 6.45) is -0.487. The Bertz CT molecular complexity index is 517. The first-order valence-corrected chi connectivity index (χ1v) is 6.15. The van der Waals surface area contributed by atoms with E-state index in [0.717, 1.165) is 5.56 Å². The first kappa shape index (κ1) is 14.4. The van der Waals surface area contributed by atoms with E-state index in [2.05, 4.69) is 10.6 Å². The number of amides is 2. The lowest BCUT2D eigenvalue weighted by Gasteiger charge is -2.11. The number of benzene rings is 1. The van der Waals surface area contributed by atoms with Crippen molar-refractivity contribution in [1.82, 2.24) is 10.6 Å². The second-order valence-corrected chi connectivity index (χ2v) is 4.77. The van der Waals surface area contributed by atoms with Crippen LogP contribution in [-0.2, 0) is 11.3 Å². The molecule has 2 amide bonds. The Hall–Kier alpha value is -2.02. The van der Waals surface area contributed by atoms with Gasteiger partial charge in [0.25, 0.3) is 5.92 Å². The zero-order valence-corrected chi connectivity index (χ0v) is 10.7. The molecule has 0 bridgehead atoms. The number of halogens is 2. The molecule has 1 aliphatic heterocycles. The molecule has 4 N–H and O–H groups in total. The van der Waals surface area contributed by atoms with E-state index in [4.69, 9.17) is 5.73 Å². The third kappa shape index (κ3) is 3.51. The Morgan fingerprint density at radius 3 is 2.50 bits per heavy atom. The fourth-order valence-corrected chi connectivity index (χ4v) is 2.00. The van der Waals surface area contributed by atoms with Crippen LogP contribution in [0.5, 0.6) is 0 Å². The summed E-state index contributed by atoms with van der Waals surface area (Å²) in [5.41, 5.74) is 6.24. The summed E-state index contributed by atoms with van der Waals surface area (Å²) < 4.78 is 25.9. The highest BCUT2D eigenvalue weighted by Crippen LogP contribution is 2.25. The van der Waals surface area contributed by atoms with Crippen molar-refractivity contribution in [3.8, 4) is 0 Å². The topological polar surface area (TPSA) is 84.2 Å². The van der Waals surface area contributed by atoms with Gasteiger partial charge in [-0.3, -0.25) is 14.9 Å². The summed E-state index contributed by atoms with van der Waals surface area (Å²) in [5, 5.41) is 5.06. The lowest BCUT2D eigenvalue weighted by Crippen LogP contribution is -2.40. The SMILES string of the molecule is NC(=O)c1ccc(CNC(=O)C2CC(F)(F)CN2)cc1. The fourth-order valence-electron chi connectivity index (χ4n) is 2.00. The zero-order chi connectivity index (χ0) is 14.8. The number of alkyl halides is 2. The molecule has 1 aromatic carbocycles. The Labute approximate surface area is 114 Å². The minimum absolute atomic E-state index is 0.210. The van der Waals surface area contributed by atoms with Crippen LogP contribution in [0.2, 0.25) is 0 Å². The van der Waals surface area contributed by atoms with Gasteiger partial charge in [0.2, 0.25) is 11.8 Å². The van der Waals surface area contributed by atoms with E-state index >= 15 is 0 Å². The van der Waals surface area contributed by atoms with Gasteiger partial charge in [-0.2, -0.15) is 0 Å². The molecular weight excluding hydrogens is 268 g/mol. The summed E-state index contributed by atoms with van der Waals surface area (Å²) in [4.78, 5) is 22.6.